The summed E-state index contributed by atoms with van der Waals surface area (Å²) in [6, 6.07) is 4.11. The summed E-state index contributed by atoms with van der Waals surface area (Å²) in [5.41, 5.74) is 0.272. The highest BCUT2D eigenvalue weighted by atomic mass is 16.3. The molecule has 1 aromatic rings. The Kier molecular flexibility index (Phi) is 4.07. The molecule has 1 saturated heterocycles. The van der Waals surface area contributed by atoms with Crippen molar-refractivity contribution in [3.8, 4) is 11.5 Å². The fourth-order valence-corrected chi connectivity index (χ4v) is 2.32. The Hall–Kier alpha value is -1.71. The lowest BCUT2D eigenvalue weighted by Gasteiger charge is -2.25. The molecule has 0 aromatic heterocycles. The second-order valence-corrected chi connectivity index (χ2v) is 4.76. The van der Waals surface area contributed by atoms with E-state index < -0.39 is 0 Å². The van der Waals surface area contributed by atoms with Gasteiger partial charge in [0.15, 0.2) is 0 Å². The molecule has 1 aliphatic rings. The van der Waals surface area contributed by atoms with Crippen LogP contribution < -0.4 is 0 Å². The van der Waals surface area contributed by atoms with Gasteiger partial charge >= 0.3 is 0 Å². The van der Waals surface area contributed by atoms with E-state index >= 15 is 0 Å². The summed E-state index contributed by atoms with van der Waals surface area (Å²) in [6.07, 6.45) is 5.60. The number of phenolic OH excluding ortho intramolecular Hbond substituents is 2. The number of amides is 1. The van der Waals surface area contributed by atoms with Gasteiger partial charge in [0.25, 0.3) is 5.91 Å². The zero-order valence-corrected chi connectivity index (χ0v) is 10.4. The first kappa shape index (κ1) is 12.7. The van der Waals surface area contributed by atoms with Gasteiger partial charge in [0.05, 0.1) is 5.56 Å². The zero-order valence-electron chi connectivity index (χ0n) is 10.4. The van der Waals surface area contributed by atoms with Crippen molar-refractivity contribution < 1.29 is 15.0 Å². The average molecular weight is 249 g/mol. The molecule has 1 heterocycles. The van der Waals surface area contributed by atoms with Crippen molar-refractivity contribution in [2.24, 2.45) is 0 Å². The lowest BCUT2D eigenvalue weighted by atomic mass is 10.1. The zero-order chi connectivity index (χ0) is 13.0. The van der Waals surface area contributed by atoms with Gasteiger partial charge in [-0.05, 0) is 25.0 Å². The van der Waals surface area contributed by atoms with E-state index in [1.54, 1.807) is 4.90 Å². The number of hydrogen-bond acceptors (Lipinski definition) is 3. The van der Waals surface area contributed by atoms with Crippen molar-refractivity contribution in [1.82, 2.24) is 4.90 Å². The molecule has 0 radical (unpaired) electrons. The molecule has 4 nitrogen and oxygen atoms in total. The van der Waals surface area contributed by atoms with Gasteiger partial charge in [-0.25, -0.2) is 0 Å². The van der Waals surface area contributed by atoms with Crippen molar-refractivity contribution in [3.63, 3.8) is 0 Å². The molecule has 0 unspecified atom stereocenters. The van der Waals surface area contributed by atoms with Crippen LogP contribution in [0.2, 0.25) is 0 Å². The van der Waals surface area contributed by atoms with Crippen LogP contribution in [0, 0.1) is 0 Å². The lowest BCUT2D eigenvalue weighted by Crippen LogP contribution is -2.33. The van der Waals surface area contributed by atoms with Crippen molar-refractivity contribution >= 4 is 5.91 Å². The molecule has 4 heteroatoms. The summed E-state index contributed by atoms with van der Waals surface area (Å²) >= 11 is 0. The molecule has 0 atom stereocenters. The Morgan fingerprint density at radius 2 is 1.61 bits per heavy atom. The van der Waals surface area contributed by atoms with Gasteiger partial charge in [0.1, 0.15) is 11.5 Å². The largest absolute Gasteiger partial charge is 0.508 e. The molecule has 0 aliphatic carbocycles. The highest BCUT2D eigenvalue weighted by Gasteiger charge is 2.19. The maximum absolute atomic E-state index is 12.3. The standard InChI is InChI=1S/C14H19NO3/c16-11-6-7-12(13(17)10-11)14(18)15-8-4-2-1-3-5-9-15/h6-7,10,16-17H,1-5,8-9H2. The highest BCUT2D eigenvalue weighted by Crippen LogP contribution is 2.24. The molecule has 0 spiro atoms. The summed E-state index contributed by atoms with van der Waals surface area (Å²) < 4.78 is 0. The van der Waals surface area contributed by atoms with Crippen LogP contribution >= 0.6 is 0 Å². The molecule has 1 fully saturated rings. The number of carbonyl (C=O) groups excluding carboxylic acids is 1. The van der Waals surface area contributed by atoms with Crippen LogP contribution in [0.4, 0.5) is 0 Å². The molecular formula is C14H19NO3. The second-order valence-electron chi connectivity index (χ2n) is 4.76. The van der Waals surface area contributed by atoms with E-state index in [4.69, 9.17) is 0 Å². The molecule has 98 valence electrons. The van der Waals surface area contributed by atoms with Crippen LogP contribution in [0.1, 0.15) is 42.5 Å². The molecular weight excluding hydrogens is 230 g/mol. The Morgan fingerprint density at radius 3 is 2.22 bits per heavy atom. The highest BCUT2D eigenvalue weighted by molar-refractivity contribution is 5.97. The quantitative estimate of drug-likeness (QED) is 0.804. The summed E-state index contributed by atoms with van der Waals surface area (Å²) in [5, 5.41) is 18.9. The third-order valence-corrected chi connectivity index (χ3v) is 3.35. The third-order valence-electron chi connectivity index (χ3n) is 3.35. The number of likely N-dealkylation sites (tertiary alicyclic amines) is 1. The van der Waals surface area contributed by atoms with Crippen molar-refractivity contribution in [2.75, 3.05) is 13.1 Å². The van der Waals surface area contributed by atoms with Crippen LogP contribution in [0.3, 0.4) is 0 Å². The minimum absolute atomic E-state index is 0.0308. The maximum atomic E-state index is 12.3. The molecule has 18 heavy (non-hydrogen) atoms. The van der Waals surface area contributed by atoms with E-state index in [2.05, 4.69) is 0 Å². The SMILES string of the molecule is O=C(c1ccc(O)cc1O)N1CCCCCCC1. The third kappa shape index (κ3) is 2.94. The van der Waals surface area contributed by atoms with Gasteiger partial charge in [-0.3, -0.25) is 4.79 Å². The van der Waals surface area contributed by atoms with E-state index in [9.17, 15) is 15.0 Å². The van der Waals surface area contributed by atoms with Gasteiger partial charge < -0.3 is 15.1 Å². The minimum atomic E-state index is -0.151. The van der Waals surface area contributed by atoms with E-state index in [1.807, 2.05) is 0 Å². The first-order valence-electron chi connectivity index (χ1n) is 6.50. The number of hydrogen-bond donors (Lipinski definition) is 2. The molecule has 1 aromatic carbocycles. The predicted molar refractivity (Wildman–Crippen MR) is 68.8 cm³/mol. The number of rotatable bonds is 1. The lowest BCUT2D eigenvalue weighted by molar-refractivity contribution is 0.0739. The van der Waals surface area contributed by atoms with Gasteiger partial charge in [-0.1, -0.05) is 19.3 Å². The van der Waals surface area contributed by atoms with Crippen LogP contribution in [0.5, 0.6) is 11.5 Å². The maximum Gasteiger partial charge on any atom is 0.257 e. The Balaban J connectivity index is 2.13. The Labute approximate surface area is 107 Å². The second kappa shape index (κ2) is 5.76. The van der Waals surface area contributed by atoms with Gasteiger partial charge in [0, 0.05) is 19.2 Å². The minimum Gasteiger partial charge on any atom is -0.508 e. The van der Waals surface area contributed by atoms with E-state index in [0.717, 1.165) is 38.8 Å². The van der Waals surface area contributed by atoms with Crippen LogP contribution in [0.25, 0.3) is 0 Å². The van der Waals surface area contributed by atoms with E-state index in [1.165, 1.54) is 24.6 Å². The van der Waals surface area contributed by atoms with Gasteiger partial charge in [-0.15, -0.1) is 0 Å². The Bertz CT molecular complexity index is 423. The summed E-state index contributed by atoms with van der Waals surface area (Å²) in [7, 11) is 0. The summed E-state index contributed by atoms with van der Waals surface area (Å²) in [4.78, 5) is 14.1. The van der Waals surface area contributed by atoms with Gasteiger partial charge in [0.2, 0.25) is 0 Å². The molecule has 1 amide bonds. The Morgan fingerprint density at radius 1 is 1.00 bits per heavy atom. The number of nitrogens with zero attached hydrogens (tertiary/aromatic N) is 1. The van der Waals surface area contributed by atoms with Crippen molar-refractivity contribution in [1.29, 1.82) is 0 Å². The van der Waals surface area contributed by atoms with E-state index in [0.29, 0.717) is 0 Å². The summed E-state index contributed by atoms with van der Waals surface area (Å²) in [6.45, 7) is 1.50. The molecule has 1 aliphatic heterocycles. The first-order chi connectivity index (χ1) is 8.68. The van der Waals surface area contributed by atoms with Crippen LogP contribution in [0.15, 0.2) is 18.2 Å². The van der Waals surface area contributed by atoms with Crippen LogP contribution in [-0.2, 0) is 0 Å². The summed E-state index contributed by atoms with van der Waals surface area (Å²) in [5.74, 6) is -0.326. The molecule has 0 bridgehead atoms. The average Bonchev–Trinajstić information content (AvgIpc) is 2.27. The monoisotopic (exact) mass is 249 g/mol. The fraction of sp³-hybridized carbons (Fsp3) is 0.500. The smallest absolute Gasteiger partial charge is 0.257 e. The molecule has 2 rings (SSSR count). The fourth-order valence-electron chi connectivity index (χ4n) is 2.32. The van der Waals surface area contributed by atoms with Crippen molar-refractivity contribution in [3.05, 3.63) is 23.8 Å². The van der Waals surface area contributed by atoms with Gasteiger partial charge in [-0.2, -0.15) is 0 Å². The topological polar surface area (TPSA) is 60.8 Å². The number of aromatic hydroxyl groups is 2. The van der Waals surface area contributed by atoms with Crippen molar-refractivity contribution in [2.45, 2.75) is 32.1 Å². The predicted octanol–water partition coefficient (Wildman–Crippen LogP) is 2.50. The molecule has 0 saturated carbocycles. The van der Waals surface area contributed by atoms with E-state index in [-0.39, 0.29) is 23.0 Å². The number of carbonyl (C=O) groups is 1. The number of benzene rings is 1. The molecule has 2 N–H and O–H groups in total. The first-order valence-corrected chi connectivity index (χ1v) is 6.50. The number of phenols is 2. The van der Waals surface area contributed by atoms with Crippen LogP contribution in [-0.4, -0.2) is 34.1 Å². The normalized spacial score (nSPS) is 17.0.